The molecule has 4 heteroatoms. The van der Waals surface area contributed by atoms with E-state index < -0.39 is 0 Å². The number of hydrogen-bond donors (Lipinski definition) is 1. The van der Waals surface area contributed by atoms with Crippen molar-refractivity contribution in [2.75, 3.05) is 6.54 Å². The van der Waals surface area contributed by atoms with E-state index in [1.54, 1.807) is 0 Å². The van der Waals surface area contributed by atoms with Crippen LogP contribution in [0.3, 0.4) is 0 Å². The van der Waals surface area contributed by atoms with Gasteiger partial charge in [0.05, 0.1) is 6.20 Å². The molecule has 3 nitrogen and oxygen atoms in total. The fourth-order valence-corrected chi connectivity index (χ4v) is 1.24. The van der Waals surface area contributed by atoms with E-state index in [2.05, 4.69) is 10.3 Å². The van der Waals surface area contributed by atoms with Crippen molar-refractivity contribution in [1.82, 2.24) is 10.3 Å². The van der Waals surface area contributed by atoms with E-state index in [1.807, 2.05) is 27.7 Å². The number of aromatic nitrogens is 1. The van der Waals surface area contributed by atoms with Gasteiger partial charge in [0.25, 0.3) is 0 Å². The topological polar surface area (TPSA) is 34.2 Å². The molecule has 0 fully saturated rings. The Labute approximate surface area is 96.0 Å². The molecule has 0 aromatic carbocycles. The monoisotopic (exact) mass is 226 g/mol. The van der Waals surface area contributed by atoms with Crippen LogP contribution in [0.2, 0.25) is 0 Å². The van der Waals surface area contributed by atoms with E-state index in [-0.39, 0.29) is 11.4 Å². The maximum atomic E-state index is 13.1. The SMILES string of the molecule is CCNCc1cc(F)cnc1OC(C)(C)C. The summed E-state index contributed by atoms with van der Waals surface area (Å²) in [6.45, 7) is 9.20. The van der Waals surface area contributed by atoms with E-state index in [4.69, 9.17) is 4.74 Å². The summed E-state index contributed by atoms with van der Waals surface area (Å²) in [5.41, 5.74) is 0.419. The van der Waals surface area contributed by atoms with Gasteiger partial charge >= 0.3 is 0 Å². The summed E-state index contributed by atoms with van der Waals surface area (Å²) in [6, 6.07) is 1.46. The lowest BCUT2D eigenvalue weighted by Gasteiger charge is -2.22. The van der Waals surface area contributed by atoms with Crippen LogP contribution in [0.25, 0.3) is 0 Å². The van der Waals surface area contributed by atoms with Crippen molar-refractivity contribution in [2.24, 2.45) is 0 Å². The molecule has 0 saturated heterocycles. The standard InChI is InChI=1S/C12H19FN2O/c1-5-14-7-9-6-10(13)8-15-11(9)16-12(2,3)4/h6,8,14H,5,7H2,1-4H3. The minimum Gasteiger partial charge on any atom is -0.472 e. The Morgan fingerprint density at radius 1 is 1.44 bits per heavy atom. The van der Waals surface area contributed by atoms with Gasteiger partial charge in [-0.1, -0.05) is 6.92 Å². The summed E-state index contributed by atoms with van der Waals surface area (Å²) in [6.07, 6.45) is 1.18. The third kappa shape index (κ3) is 4.14. The van der Waals surface area contributed by atoms with E-state index in [0.29, 0.717) is 12.4 Å². The third-order valence-corrected chi connectivity index (χ3v) is 1.86. The number of nitrogens with zero attached hydrogens (tertiary/aromatic N) is 1. The summed E-state index contributed by atoms with van der Waals surface area (Å²) < 4.78 is 18.7. The number of halogens is 1. The van der Waals surface area contributed by atoms with Gasteiger partial charge in [-0.2, -0.15) is 0 Å². The molecule has 0 aliphatic heterocycles. The maximum Gasteiger partial charge on any atom is 0.218 e. The van der Waals surface area contributed by atoms with Gasteiger partial charge in [-0.3, -0.25) is 0 Å². The van der Waals surface area contributed by atoms with E-state index in [9.17, 15) is 4.39 Å². The summed E-state index contributed by atoms with van der Waals surface area (Å²) in [4.78, 5) is 3.98. The van der Waals surface area contributed by atoms with Crippen LogP contribution in [0.1, 0.15) is 33.3 Å². The number of rotatable bonds is 4. The second kappa shape index (κ2) is 5.25. The molecule has 0 saturated carbocycles. The quantitative estimate of drug-likeness (QED) is 0.856. The van der Waals surface area contributed by atoms with Crippen LogP contribution in [-0.4, -0.2) is 17.1 Å². The van der Waals surface area contributed by atoms with Gasteiger partial charge in [-0.15, -0.1) is 0 Å². The zero-order chi connectivity index (χ0) is 12.2. The Morgan fingerprint density at radius 2 is 2.12 bits per heavy atom. The molecule has 16 heavy (non-hydrogen) atoms. The van der Waals surface area contributed by atoms with Crippen molar-refractivity contribution in [2.45, 2.75) is 39.8 Å². The Kier molecular flexibility index (Phi) is 4.24. The summed E-state index contributed by atoms with van der Waals surface area (Å²) in [7, 11) is 0. The largest absolute Gasteiger partial charge is 0.472 e. The van der Waals surface area contributed by atoms with Gasteiger partial charge in [0, 0.05) is 12.1 Å². The molecule has 0 unspecified atom stereocenters. The molecule has 1 aromatic heterocycles. The molecule has 0 aliphatic carbocycles. The first kappa shape index (κ1) is 12.9. The van der Waals surface area contributed by atoms with Crippen molar-refractivity contribution in [3.8, 4) is 5.88 Å². The predicted molar refractivity (Wildman–Crippen MR) is 62.0 cm³/mol. The molecule has 90 valence electrons. The lowest BCUT2D eigenvalue weighted by molar-refractivity contribution is 0.122. The van der Waals surface area contributed by atoms with Crippen LogP contribution in [0.4, 0.5) is 4.39 Å². The Bertz CT molecular complexity index is 347. The molecule has 1 N–H and O–H groups in total. The van der Waals surface area contributed by atoms with Crippen LogP contribution in [0, 0.1) is 5.82 Å². The van der Waals surface area contributed by atoms with Crippen LogP contribution < -0.4 is 10.1 Å². The molecule has 0 bridgehead atoms. The normalized spacial score (nSPS) is 11.6. The molecule has 0 radical (unpaired) electrons. The highest BCUT2D eigenvalue weighted by molar-refractivity contribution is 5.26. The zero-order valence-electron chi connectivity index (χ0n) is 10.3. The van der Waals surface area contributed by atoms with Crippen molar-refractivity contribution in [3.63, 3.8) is 0 Å². The first-order valence-corrected chi connectivity index (χ1v) is 5.46. The highest BCUT2D eigenvalue weighted by Crippen LogP contribution is 2.21. The lowest BCUT2D eigenvalue weighted by Crippen LogP contribution is -2.25. The molecule has 1 aromatic rings. The third-order valence-electron chi connectivity index (χ3n) is 1.86. The smallest absolute Gasteiger partial charge is 0.218 e. The van der Waals surface area contributed by atoms with Crippen LogP contribution in [0.15, 0.2) is 12.3 Å². The molecule has 1 heterocycles. The van der Waals surface area contributed by atoms with Gasteiger partial charge in [-0.25, -0.2) is 9.37 Å². The molecule has 0 spiro atoms. The Balaban J connectivity index is 2.89. The fourth-order valence-electron chi connectivity index (χ4n) is 1.24. The highest BCUT2D eigenvalue weighted by atomic mass is 19.1. The fraction of sp³-hybridized carbons (Fsp3) is 0.583. The highest BCUT2D eigenvalue weighted by Gasteiger charge is 2.16. The van der Waals surface area contributed by atoms with Crippen LogP contribution in [0.5, 0.6) is 5.88 Å². The lowest BCUT2D eigenvalue weighted by atomic mass is 10.2. The summed E-state index contributed by atoms with van der Waals surface area (Å²) >= 11 is 0. The van der Waals surface area contributed by atoms with Gasteiger partial charge in [0.1, 0.15) is 11.4 Å². The van der Waals surface area contributed by atoms with Crippen molar-refractivity contribution < 1.29 is 9.13 Å². The summed E-state index contributed by atoms with van der Waals surface area (Å²) in [5, 5.41) is 3.13. The maximum absolute atomic E-state index is 13.1. The molecule has 0 amide bonds. The first-order valence-electron chi connectivity index (χ1n) is 5.46. The van der Waals surface area contributed by atoms with E-state index in [1.165, 1.54) is 12.3 Å². The number of pyridine rings is 1. The van der Waals surface area contributed by atoms with Crippen molar-refractivity contribution in [3.05, 3.63) is 23.6 Å². The summed E-state index contributed by atoms with van der Waals surface area (Å²) in [5.74, 6) is 0.156. The van der Waals surface area contributed by atoms with Gasteiger partial charge in [0.15, 0.2) is 0 Å². The Hall–Kier alpha value is -1.16. The minimum atomic E-state index is -0.339. The first-order chi connectivity index (χ1) is 7.42. The van der Waals surface area contributed by atoms with Crippen molar-refractivity contribution >= 4 is 0 Å². The molecular weight excluding hydrogens is 207 g/mol. The molecule has 0 aliphatic rings. The average molecular weight is 226 g/mol. The second-order valence-corrected chi connectivity index (χ2v) is 4.61. The van der Waals surface area contributed by atoms with E-state index in [0.717, 1.165) is 12.1 Å². The van der Waals surface area contributed by atoms with Gasteiger partial charge in [0.2, 0.25) is 5.88 Å². The number of ether oxygens (including phenoxy) is 1. The minimum absolute atomic E-state index is 0.328. The molecule has 0 atom stereocenters. The van der Waals surface area contributed by atoms with Gasteiger partial charge in [-0.05, 0) is 33.4 Å². The average Bonchev–Trinajstić information content (AvgIpc) is 2.16. The van der Waals surface area contributed by atoms with Gasteiger partial charge < -0.3 is 10.1 Å². The second-order valence-electron chi connectivity index (χ2n) is 4.61. The van der Waals surface area contributed by atoms with E-state index >= 15 is 0 Å². The number of hydrogen-bond acceptors (Lipinski definition) is 3. The molecular formula is C12H19FN2O. The Morgan fingerprint density at radius 3 is 2.69 bits per heavy atom. The predicted octanol–water partition coefficient (Wildman–Crippen LogP) is 2.51. The van der Waals surface area contributed by atoms with Crippen LogP contribution >= 0.6 is 0 Å². The zero-order valence-corrected chi connectivity index (χ0v) is 10.3. The molecule has 1 rings (SSSR count). The number of nitrogens with one attached hydrogen (secondary N) is 1. The van der Waals surface area contributed by atoms with Crippen LogP contribution in [-0.2, 0) is 6.54 Å². The van der Waals surface area contributed by atoms with Crippen molar-refractivity contribution in [1.29, 1.82) is 0 Å².